The third kappa shape index (κ3) is 5.41. The molecule has 0 aliphatic carbocycles. The maximum atomic E-state index is 12.8. The Morgan fingerprint density at radius 2 is 2.43 bits per heavy atom. The van der Waals surface area contributed by atoms with Gasteiger partial charge in [0.25, 0.3) is 0 Å². The molecule has 126 valence electrons. The Balaban J connectivity index is 2.01. The van der Waals surface area contributed by atoms with E-state index in [9.17, 15) is 9.59 Å². The Bertz CT molecular complexity index is 498. The summed E-state index contributed by atoms with van der Waals surface area (Å²) < 4.78 is 0. The summed E-state index contributed by atoms with van der Waals surface area (Å²) in [6.45, 7) is 1.59. The quantitative estimate of drug-likeness (QED) is 0.404. The van der Waals surface area contributed by atoms with Crippen LogP contribution in [0.1, 0.15) is 29.6 Å². The van der Waals surface area contributed by atoms with E-state index in [2.05, 4.69) is 10.3 Å². The van der Waals surface area contributed by atoms with E-state index in [-0.39, 0.29) is 17.6 Å². The van der Waals surface area contributed by atoms with Crippen LogP contribution < -0.4 is 11.1 Å². The van der Waals surface area contributed by atoms with Gasteiger partial charge in [0.05, 0.1) is 0 Å². The minimum Gasteiger partial charge on any atom is -0.330 e. The average Bonchev–Trinajstić information content (AvgIpc) is 2.60. The van der Waals surface area contributed by atoms with Crippen molar-refractivity contribution >= 4 is 23.8 Å². The van der Waals surface area contributed by atoms with Crippen LogP contribution in [0.25, 0.3) is 0 Å². The summed E-state index contributed by atoms with van der Waals surface area (Å²) in [6.07, 6.45) is 6.28. The maximum absolute atomic E-state index is 12.8. The molecule has 3 unspecified atom stereocenters. The molecule has 0 amide bonds. The minimum atomic E-state index is -0.235. The van der Waals surface area contributed by atoms with Crippen molar-refractivity contribution in [3.63, 3.8) is 0 Å². The highest BCUT2D eigenvalue weighted by Crippen LogP contribution is 2.30. The summed E-state index contributed by atoms with van der Waals surface area (Å²) in [5.41, 5.74) is 6.14. The van der Waals surface area contributed by atoms with Crippen LogP contribution in [0.4, 0.5) is 0 Å². The molecule has 6 heteroatoms. The van der Waals surface area contributed by atoms with Gasteiger partial charge in [-0.05, 0) is 37.4 Å². The minimum absolute atomic E-state index is 0.0467. The van der Waals surface area contributed by atoms with Crippen molar-refractivity contribution in [3.05, 3.63) is 30.1 Å². The zero-order valence-corrected chi connectivity index (χ0v) is 14.1. The Morgan fingerprint density at radius 1 is 1.57 bits per heavy atom. The van der Waals surface area contributed by atoms with E-state index in [1.54, 1.807) is 24.5 Å². The van der Waals surface area contributed by atoms with E-state index >= 15 is 0 Å². The molecule has 5 nitrogen and oxygen atoms in total. The number of nitrogens with zero attached hydrogens (tertiary/aromatic N) is 1. The van der Waals surface area contributed by atoms with E-state index < -0.39 is 0 Å². The number of ketones is 1. The molecule has 1 aromatic heterocycles. The Kier molecular flexibility index (Phi) is 7.71. The molecule has 3 atom stereocenters. The highest BCUT2D eigenvalue weighted by Gasteiger charge is 2.32. The highest BCUT2D eigenvalue weighted by atomic mass is 32.2. The standard InChI is InChI=1S/C17H25N3O2S/c18-5-9-23-12-15-10-13(3-7-20-15)16(4-8-21)17(22)14-2-1-6-19-11-14/h1-2,6,8,11,13,15-16,20H,3-5,7,9-10,12,18H2. The number of nitrogens with two attached hydrogens (primary N) is 1. The van der Waals surface area contributed by atoms with Gasteiger partial charge in [-0.25, -0.2) is 0 Å². The molecule has 1 saturated heterocycles. The monoisotopic (exact) mass is 335 g/mol. The lowest BCUT2D eigenvalue weighted by Crippen LogP contribution is -2.43. The van der Waals surface area contributed by atoms with E-state index in [1.807, 2.05) is 11.8 Å². The molecule has 0 aromatic carbocycles. The number of thioether (sulfide) groups is 1. The summed E-state index contributed by atoms with van der Waals surface area (Å²) in [5, 5.41) is 3.51. The number of piperidine rings is 1. The van der Waals surface area contributed by atoms with Gasteiger partial charge in [-0.1, -0.05) is 0 Å². The predicted octanol–water partition coefficient (Wildman–Crippen LogP) is 1.53. The number of hydrogen-bond donors (Lipinski definition) is 2. The molecule has 1 aromatic rings. The van der Waals surface area contributed by atoms with Crippen molar-refractivity contribution in [2.45, 2.75) is 25.3 Å². The lowest BCUT2D eigenvalue weighted by Gasteiger charge is -2.34. The first-order chi connectivity index (χ1) is 11.3. The van der Waals surface area contributed by atoms with Crippen molar-refractivity contribution in [1.82, 2.24) is 10.3 Å². The van der Waals surface area contributed by atoms with Crippen LogP contribution in [0, 0.1) is 11.8 Å². The van der Waals surface area contributed by atoms with Gasteiger partial charge in [0.15, 0.2) is 5.78 Å². The van der Waals surface area contributed by atoms with Crippen LogP contribution >= 0.6 is 11.8 Å². The molecule has 1 aliphatic rings. The predicted molar refractivity (Wildman–Crippen MR) is 93.6 cm³/mol. The van der Waals surface area contributed by atoms with E-state index in [0.717, 1.165) is 37.2 Å². The Morgan fingerprint density at radius 3 is 3.13 bits per heavy atom. The summed E-state index contributed by atoms with van der Waals surface area (Å²) in [5.74, 6) is 2.02. The van der Waals surface area contributed by atoms with Gasteiger partial charge in [0.2, 0.25) is 0 Å². The first kappa shape index (κ1) is 18.1. The molecular weight excluding hydrogens is 310 g/mol. The molecule has 1 fully saturated rings. The fraction of sp³-hybridized carbons (Fsp3) is 0.588. The average molecular weight is 335 g/mol. The molecule has 0 saturated carbocycles. The normalized spacial score (nSPS) is 22.5. The fourth-order valence-corrected chi connectivity index (χ4v) is 4.05. The second-order valence-corrected chi connectivity index (χ2v) is 7.06. The summed E-state index contributed by atoms with van der Waals surface area (Å²) in [7, 11) is 0. The molecule has 2 heterocycles. The van der Waals surface area contributed by atoms with Crippen molar-refractivity contribution < 1.29 is 9.59 Å². The Hall–Kier alpha value is -1.24. The van der Waals surface area contributed by atoms with Crippen LogP contribution in [-0.4, -0.2) is 47.7 Å². The van der Waals surface area contributed by atoms with Crippen LogP contribution in [0.3, 0.4) is 0 Å². The van der Waals surface area contributed by atoms with Gasteiger partial charge >= 0.3 is 0 Å². The first-order valence-corrected chi connectivity index (χ1v) is 9.30. The summed E-state index contributed by atoms with van der Waals surface area (Å²) in [4.78, 5) is 27.9. The van der Waals surface area contributed by atoms with Crippen molar-refractivity contribution in [2.24, 2.45) is 17.6 Å². The summed E-state index contributed by atoms with van der Waals surface area (Å²) >= 11 is 1.84. The number of carbonyl (C=O) groups is 2. The second kappa shape index (κ2) is 9.80. The van der Waals surface area contributed by atoms with Crippen molar-refractivity contribution in [1.29, 1.82) is 0 Å². The van der Waals surface area contributed by atoms with Crippen molar-refractivity contribution in [3.8, 4) is 0 Å². The SMILES string of the molecule is NCCSCC1CC(C(CC=O)C(=O)c2cccnc2)CCN1. The number of pyridine rings is 1. The van der Waals surface area contributed by atoms with Gasteiger partial charge in [0.1, 0.15) is 6.29 Å². The molecule has 2 rings (SSSR count). The van der Waals surface area contributed by atoms with Crippen molar-refractivity contribution in [2.75, 3.05) is 24.6 Å². The topological polar surface area (TPSA) is 85.1 Å². The van der Waals surface area contributed by atoms with E-state index in [0.29, 0.717) is 24.6 Å². The number of Topliss-reactive ketones (excluding diaryl/α,β-unsaturated/α-hetero) is 1. The zero-order chi connectivity index (χ0) is 16.5. The van der Waals surface area contributed by atoms with Crippen LogP contribution in [0.2, 0.25) is 0 Å². The van der Waals surface area contributed by atoms with Gasteiger partial charge in [-0.3, -0.25) is 9.78 Å². The first-order valence-electron chi connectivity index (χ1n) is 8.15. The van der Waals surface area contributed by atoms with E-state index in [1.165, 1.54) is 0 Å². The molecular formula is C17H25N3O2S. The molecule has 23 heavy (non-hydrogen) atoms. The maximum Gasteiger partial charge on any atom is 0.168 e. The van der Waals surface area contributed by atoms with Crippen LogP contribution in [0.15, 0.2) is 24.5 Å². The van der Waals surface area contributed by atoms with Gasteiger partial charge in [-0.15, -0.1) is 0 Å². The zero-order valence-electron chi connectivity index (χ0n) is 13.3. The Labute approximate surface area is 141 Å². The van der Waals surface area contributed by atoms with Gasteiger partial charge < -0.3 is 15.8 Å². The molecule has 0 bridgehead atoms. The number of hydrogen-bond acceptors (Lipinski definition) is 6. The number of carbonyl (C=O) groups excluding carboxylic acids is 2. The second-order valence-electron chi connectivity index (χ2n) is 5.91. The molecule has 3 N–H and O–H groups in total. The highest BCUT2D eigenvalue weighted by molar-refractivity contribution is 7.99. The summed E-state index contributed by atoms with van der Waals surface area (Å²) in [6, 6.07) is 3.93. The molecule has 0 spiro atoms. The smallest absolute Gasteiger partial charge is 0.168 e. The number of nitrogens with one attached hydrogen (secondary N) is 1. The van der Waals surface area contributed by atoms with Gasteiger partial charge in [-0.2, -0.15) is 11.8 Å². The number of aldehydes is 1. The number of rotatable bonds is 9. The van der Waals surface area contributed by atoms with E-state index in [4.69, 9.17) is 5.73 Å². The lowest BCUT2D eigenvalue weighted by molar-refractivity contribution is -0.108. The fourth-order valence-electron chi connectivity index (χ4n) is 3.18. The van der Waals surface area contributed by atoms with Crippen LogP contribution in [-0.2, 0) is 4.79 Å². The van der Waals surface area contributed by atoms with Gasteiger partial charge in [0, 0.05) is 54.4 Å². The third-order valence-corrected chi connectivity index (χ3v) is 5.48. The van der Waals surface area contributed by atoms with Crippen LogP contribution in [0.5, 0.6) is 0 Å². The lowest BCUT2D eigenvalue weighted by atomic mass is 9.77. The largest absolute Gasteiger partial charge is 0.330 e. The number of aromatic nitrogens is 1. The molecule has 1 aliphatic heterocycles. The molecule has 0 radical (unpaired) electrons. The third-order valence-electron chi connectivity index (χ3n) is 4.32.